The maximum Gasteiger partial charge on any atom is 0.245 e. The van der Waals surface area contributed by atoms with Crippen LogP contribution in [0.3, 0.4) is 0 Å². The Morgan fingerprint density at radius 3 is 2.20 bits per heavy atom. The standard InChI is InChI=1S/C29H39N5O6/c1-18(2)25-29(40)31-23(15-20-8-5-4-6-9-20)27(38)33-26(19(3)35)28(39)30-12-13-34(17-24(37)32-25)16-21-10-7-11-22(36)14-21/h4-11,14,18-19,23,25-26,35-36H,12-13,15-17H2,1-3H3,(H,30,39)(H,31,40)(H,32,37)(H,33,38)/t19-,23+,25-,26+/m1/s1. The molecule has 0 radical (unpaired) electrons. The highest BCUT2D eigenvalue weighted by molar-refractivity contribution is 5.95. The van der Waals surface area contributed by atoms with Gasteiger partial charge in [0.1, 0.15) is 23.9 Å². The molecule has 1 saturated heterocycles. The molecule has 1 fully saturated rings. The normalized spacial score (nSPS) is 22.8. The van der Waals surface area contributed by atoms with Crippen molar-refractivity contribution in [3.63, 3.8) is 0 Å². The van der Waals surface area contributed by atoms with Gasteiger partial charge in [0.05, 0.1) is 12.6 Å². The SMILES string of the molecule is CC(C)[C@H]1NC(=O)CN(Cc2cccc(O)c2)CCNC(=O)[C@H]([C@@H](C)O)NC(=O)[C@H](Cc2ccccc2)NC1=O. The van der Waals surface area contributed by atoms with Gasteiger partial charge >= 0.3 is 0 Å². The van der Waals surface area contributed by atoms with Crippen molar-refractivity contribution in [1.82, 2.24) is 26.2 Å². The summed E-state index contributed by atoms with van der Waals surface area (Å²) in [5, 5.41) is 31.0. The summed E-state index contributed by atoms with van der Waals surface area (Å²) in [5.74, 6) is -2.36. The largest absolute Gasteiger partial charge is 0.508 e. The second-order valence-corrected chi connectivity index (χ2v) is 10.4. The third-order valence-electron chi connectivity index (χ3n) is 6.66. The fourth-order valence-electron chi connectivity index (χ4n) is 4.51. The molecule has 11 heteroatoms. The second kappa shape index (κ2) is 14.4. The highest BCUT2D eigenvalue weighted by Gasteiger charge is 2.33. The quantitative estimate of drug-likeness (QED) is 0.295. The Balaban J connectivity index is 1.90. The van der Waals surface area contributed by atoms with Crippen LogP contribution < -0.4 is 21.3 Å². The molecule has 0 spiro atoms. The lowest BCUT2D eigenvalue weighted by atomic mass is 10.0. The van der Waals surface area contributed by atoms with E-state index in [4.69, 9.17) is 0 Å². The van der Waals surface area contributed by atoms with E-state index < -0.39 is 47.9 Å². The minimum absolute atomic E-state index is 0.0769. The minimum Gasteiger partial charge on any atom is -0.508 e. The van der Waals surface area contributed by atoms with E-state index in [1.807, 2.05) is 36.4 Å². The summed E-state index contributed by atoms with van der Waals surface area (Å²) < 4.78 is 0. The Kier molecular flexibility index (Phi) is 11.0. The molecule has 40 heavy (non-hydrogen) atoms. The van der Waals surface area contributed by atoms with E-state index in [0.29, 0.717) is 6.54 Å². The average Bonchev–Trinajstić information content (AvgIpc) is 2.89. The molecule has 4 atom stereocenters. The monoisotopic (exact) mass is 553 g/mol. The zero-order valence-corrected chi connectivity index (χ0v) is 23.1. The van der Waals surface area contributed by atoms with Crippen LogP contribution in [0.25, 0.3) is 0 Å². The van der Waals surface area contributed by atoms with E-state index in [2.05, 4.69) is 21.3 Å². The van der Waals surface area contributed by atoms with Crippen LogP contribution >= 0.6 is 0 Å². The van der Waals surface area contributed by atoms with Gasteiger partial charge in [0.15, 0.2) is 0 Å². The molecule has 0 saturated carbocycles. The molecule has 3 rings (SSSR count). The van der Waals surface area contributed by atoms with E-state index in [9.17, 15) is 29.4 Å². The average molecular weight is 554 g/mol. The molecule has 6 N–H and O–H groups in total. The smallest absolute Gasteiger partial charge is 0.245 e. The number of hydrogen-bond acceptors (Lipinski definition) is 7. The molecule has 4 amide bonds. The van der Waals surface area contributed by atoms with Crippen molar-refractivity contribution in [3.8, 4) is 5.75 Å². The maximum absolute atomic E-state index is 13.4. The molecule has 0 aliphatic carbocycles. The van der Waals surface area contributed by atoms with Gasteiger partial charge in [-0.1, -0.05) is 56.3 Å². The summed E-state index contributed by atoms with van der Waals surface area (Å²) in [6.07, 6.45) is -1.06. The zero-order valence-electron chi connectivity index (χ0n) is 23.1. The fourth-order valence-corrected chi connectivity index (χ4v) is 4.51. The Morgan fingerprint density at radius 2 is 1.55 bits per heavy atom. The number of phenolic OH excluding ortho intramolecular Hbond substituents is 1. The Labute approximate surface area is 234 Å². The lowest BCUT2D eigenvalue weighted by Crippen LogP contribution is -2.60. The molecule has 0 unspecified atom stereocenters. The van der Waals surface area contributed by atoms with Crippen molar-refractivity contribution in [2.45, 2.75) is 58.0 Å². The number of nitrogens with one attached hydrogen (secondary N) is 4. The van der Waals surface area contributed by atoms with Crippen LogP contribution in [0.2, 0.25) is 0 Å². The minimum atomic E-state index is -1.26. The van der Waals surface area contributed by atoms with E-state index in [1.54, 1.807) is 36.9 Å². The van der Waals surface area contributed by atoms with Crippen LogP contribution in [0, 0.1) is 5.92 Å². The molecule has 1 aliphatic heterocycles. The van der Waals surface area contributed by atoms with Crippen LogP contribution in [0.15, 0.2) is 54.6 Å². The van der Waals surface area contributed by atoms with Crippen LogP contribution in [0.4, 0.5) is 0 Å². The Hall–Kier alpha value is -3.96. The number of rotatable bonds is 6. The maximum atomic E-state index is 13.4. The Morgan fingerprint density at radius 1 is 0.850 bits per heavy atom. The lowest BCUT2D eigenvalue weighted by Gasteiger charge is -2.27. The summed E-state index contributed by atoms with van der Waals surface area (Å²) in [4.78, 5) is 54.6. The van der Waals surface area contributed by atoms with Crippen molar-refractivity contribution in [3.05, 3.63) is 65.7 Å². The topological polar surface area (TPSA) is 160 Å². The number of carbonyl (C=O) groups excluding carboxylic acids is 4. The summed E-state index contributed by atoms with van der Waals surface area (Å²) in [7, 11) is 0. The van der Waals surface area contributed by atoms with Gasteiger partial charge in [-0.25, -0.2) is 0 Å². The van der Waals surface area contributed by atoms with E-state index in [0.717, 1.165) is 11.1 Å². The van der Waals surface area contributed by atoms with Gasteiger partial charge in [-0.2, -0.15) is 0 Å². The highest BCUT2D eigenvalue weighted by Crippen LogP contribution is 2.13. The molecular weight excluding hydrogens is 514 g/mol. The first kappa shape index (κ1) is 30.6. The van der Waals surface area contributed by atoms with Gasteiger partial charge < -0.3 is 31.5 Å². The molecule has 2 aromatic rings. The van der Waals surface area contributed by atoms with Crippen molar-refractivity contribution in [2.75, 3.05) is 19.6 Å². The van der Waals surface area contributed by atoms with E-state index >= 15 is 0 Å². The van der Waals surface area contributed by atoms with Crippen LogP contribution in [-0.4, -0.2) is 82.6 Å². The third kappa shape index (κ3) is 9.06. The molecule has 1 heterocycles. The zero-order chi connectivity index (χ0) is 29.2. The summed E-state index contributed by atoms with van der Waals surface area (Å²) in [6, 6.07) is 12.5. The van der Waals surface area contributed by atoms with Gasteiger partial charge in [-0.05, 0) is 36.1 Å². The molecule has 216 valence electrons. The number of phenols is 1. The lowest BCUT2D eigenvalue weighted by molar-refractivity contribution is -0.135. The number of nitrogens with zero attached hydrogens (tertiary/aromatic N) is 1. The molecular formula is C29H39N5O6. The Bertz CT molecular complexity index is 1170. The van der Waals surface area contributed by atoms with Crippen LogP contribution in [0.5, 0.6) is 5.75 Å². The first-order valence-electron chi connectivity index (χ1n) is 13.4. The predicted molar refractivity (Wildman–Crippen MR) is 149 cm³/mol. The third-order valence-corrected chi connectivity index (χ3v) is 6.66. The summed E-state index contributed by atoms with van der Waals surface area (Å²) >= 11 is 0. The van der Waals surface area contributed by atoms with Crippen LogP contribution in [0.1, 0.15) is 31.9 Å². The first-order chi connectivity index (χ1) is 19.0. The number of aliphatic hydroxyl groups is 1. The molecule has 0 aromatic heterocycles. The summed E-state index contributed by atoms with van der Waals surface area (Å²) in [6.45, 7) is 5.59. The van der Waals surface area contributed by atoms with Crippen molar-refractivity contribution >= 4 is 23.6 Å². The second-order valence-electron chi connectivity index (χ2n) is 10.4. The number of hydrogen-bond donors (Lipinski definition) is 6. The predicted octanol–water partition coefficient (Wildman–Crippen LogP) is 0.0579. The number of aromatic hydroxyl groups is 1. The molecule has 1 aliphatic rings. The van der Waals surface area contributed by atoms with Crippen molar-refractivity contribution in [2.24, 2.45) is 5.92 Å². The van der Waals surface area contributed by atoms with Gasteiger partial charge in [0.2, 0.25) is 23.6 Å². The van der Waals surface area contributed by atoms with Crippen molar-refractivity contribution < 1.29 is 29.4 Å². The number of aliphatic hydroxyl groups excluding tert-OH is 1. The summed E-state index contributed by atoms with van der Waals surface area (Å²) in [5.41, 5.74) is 1.54. The molecule has 2 aromatic carbocycles. The number of carbonyl (C=O) groups is 4. The van der Waals surface area contributed by atoms with Crippen LogP contribution in [-0.2, 0) is 32.1 Å². The van der Waals surface area contributed by atoms with Gasteiger partial charge in [-0.3, -0.25) is 24.1 Å². The van der Waals surface area contributed by atoms with Crippen molar-refractivity contribution in [1.29, 1.82) is 0 Å². The van der Waals surface area contributed by atoms with Gasteiger partial charge in [-0.15, -0.1) is 0 Å². The molecule has 0 bridgehead atoms. The molecule has 11 nitrogen and oxygen atoms in total. The highest BCUT2D eigenvalue weighted by atomic mass is 16.3. The van der Waals surface area contributed by atoms with E-state index in [-0.39, 0.29) is 37.7 Å². The van der Waals surface area contributed by atoms with Gasteiger partial charge in [0, 0.05) is 26.1 Å². The number of benzene rings is 2. The van der Waals surface area contributed by atoms with E-state index in [1.165, 1.54) is 6.92 Å². The first-order valence-corrected chi connectivity index (χ1v) is 13.4. The van der Waals surface area contributed by atoms with Gasteiger partial charge in [0.25, 0.3) is 0 Å². The number of amides is 4. The fraction of sp³-hybridized carbons (Fsp3) is 0.448.